The van der Waals surface area contributed by atoms with E-state index in [-0.39, 0.29) is 18.0 Å². The minimum atomic E-state index is -0.260. The lowest BCUT2D eigenvalue weighted by Crippen LogP contribution is -2.39. The molecule has 5 nitrogen and oxygen atoms in total. The number of carbonyl (C=O) groups excluding carboxylic acids is 1. The van der Waals surface area contributed by atoms with Gasteiger partial charge in [0.05, 0.1) is 0 Å². The fourth-order valence-corrected chi connectivity index (χ4v) is 3.57. The van der Waals surface area contributed by atoms with E-state index >= 15 is 0 Å². The molecule has 1 aliphatic heterocycles. The lowest BCUT2D eigenvalue weighted by molar-refractivity contribution is -0.117. The van der Waals surface area contributed by atoms with E-state index in [1.54, 1.807) is 17.5 Å². The lowest BCUT2D eigenvalue weighted by Gasteiger charge is -2.11. The number of rotatable bonds is 4. The molecular formula is C19H18N4OS. The molecule has 0 bridgehead atoms. The number of nitrogens with one attached hydrogen (secondary N) is 3. The van der Waals surface area contributed by atoms with Crippen molar-refractivity contribution in [1.29, 1.82) is 0 Å². The summed E-state index contributed by atoms with van der Waals surface area (Å²) >= 11 is 1.60. The molecule has 1 fully saturated rings. The quantitative estimate of drug-likeness (QED) is 0.675. The van der Waals surface area contributed by atoms with E-state index in [1.807, 2.05) is 47.8 Å². The number of benzene rings is 2. The van der Waals surface area contributed by atoms with Crippen molar-refractivity contribution in [3.05, 3.63) is 71.7 Å². The van der Waals surface area contributed by atoms with Crippen LogP contribution in [0.3, 0.4) is 0 Å². The van der Waals surface area contributed by atoms with Gasteiger partial charge in [0.1, 0.15) is 11.0 Å². The Labute approximate surface area is 150 Å². The highest BCUT2D eigenvalue weighted by Gasteiger charge is 2.29. The third-order valence-corrected chi connectivity index (χ3v) is 5.08. The van der Waals surface area contributed by atoms with Gasteiger partial charge >= 0.3 is 0 Å². The van der Waals surface area contributed by atoms with E-state index in [4.69, 9.17) is 0 Å². The van der Waals surface area contributed by atoms with E-state index < -0.39 is 0 Å². The summed E-state index contributed by atoms with van der Waals surface area (Å²) in [4.78, 5) is 16.8. The standard InChI is InChI=1S/C19H18N4OS/c24-18(17-12-16(22-23-17)13-4-2-1-3-5-13)21-15-8-6-14(7-9-15)19-20-10-11-25-19/h1-11,16-17,22-23H,12H2,(H,21,24). The van der Waals surface area contributed by atoms with Gasteiger partial charge in [0.25, 0.3) is 0 Å². The number of hydrazine groups is 1. The van der Waals surface area contributed by atoms with Crippen LogP contribution in [0, 0.1) is 0 Å². The molecule has 2 atom stereocenters. The first kappa shape index (κ1) is 16.0. The van der Waals surface area contributed by atoms with Gasteiger partial charge in [-0.25, -0.2) is 15.8 Å². The monoisotopic (exact) mass is 350 g/mol. The van der Waals surface area contributed by atoms with Gasteiger partial charge < -0.3 is 5.32 Å². The zero-order valence-electron chi connectivity index (χ0n) is 13.5. The minimum absolute atomic E-state index is 0.0343. The van der Waals surface area contributed by atoms with E-state index in [9.17, 15) is 4.79 Å². The van der Waals surface area contributed by atoms with Crippen LogP contribution in [0.4, 0.5) is 5.69 Å². The Hall–Kier alpha value is -2.54. The third-order valence-electron chi connectivity index (χ3n) is 4.25. The van der Waals surface area contributed by atoms with E-state index in [0.29, 0.717) is 6.42 Å². The molecule has 0 spiro atoms. The zero-order chi connectivity index (χ0) is 17.1. The van der Waals surface area contributed by atoms with Gasteiger partial charge in [-0.2, -0.15) is 0 Å². The number of carbonyl (C=O) groups is 1. The van der Waals surface area contributed by atoms with Crippen molar-refractivity contribution in [3.8, 4) is 10.6 Å². The fourth-order valence-electron chi connectivity index (χ4n) is 2.92. The average molecular weight is 350 g/mol. The summed E-state index contributed by atoms with van der Waals surface area (Å²) in [5, 5.41) is 5.90. The Morgan fingerprint density at radius 2 is 1.88 bits per heavy atom. The predicted octanol–water partition coefficient (Wildman–Crippen LogP) is 3.36. The van der Waals surface area contributed by atoms with Crippen LogP contribution in [0.25, 0.3) is 10.6 Å². The van der Waals surface area contributed by atoms with Crippen molar-refractivity contribution in [2.24, 2.45) is 0 Å². The van der Waals surface area contributed by atoms with Crippen LogP contribution in [-0.4, -0.2) is 16.9 Å². The van der Waals surface area contributed by atoms with Crippen LogP contribution >= 0.6 is 11.3 Å². The highest BCUT2D eigenvalue weighted by Crippen LogP contribution is 2.25. The van der Waals surface area contributed by atoms with Crippen molar-refractivity contribution in [2.45, 2.75) is 18.5 Å². The molecule has 1 amide bonds. The summed E-state index contributed by atoms with van der Waals surface area (Å²) in [6.45, 7) is 0. The van der Waals surface area contributed by atoms with Crippen molar-refractivity contribution in [1.82, 2.24) is 15.8 Å². The smallest absolute Gasteiger partial charge is 0.242 e. The summed E-state index contributed by atoms with van der Waals surface area (Å²) in [6, 6.07) is 17.8. The highest BCUT2D eigenvalue weighted by molar-refractivity contribution is 7.13. The molecule has 126 valence electrons. The molecular weight excluding hydrogens is 332 g/mol. The number of amides is 1. The van der Waals surface area contributed by atoms with Crippen molar-refractivity contribution < 1.29 is 4.79 Å². The highest BCUT2D eigenvalue weighted by atomic mass is 32.1. The average Bonchev–Trinajstić information content (AvgIpc) is 3.35. The third kappa shape index (κ3) is 3.61. The largest absolute Gasteiger partial charge is 0.325 e. The van der Waals surface area contributed by atoms with Crippen LogP contribution in [0.15, 0.2) is 66.2 Å². The molecule has 0 aliphatic carbocycles. The zero-order valence-corrected chi connectivity index (χ0v) is 14.3. The Morgan fingerprint density at radius 3 is 2.60 bits per heavy atom. The number of hydrogen-bond acceptors (Lipinski definition) is 5. The Bertz CT molecular complexity index is 834. The van der Waals surface area contributed by atoms with Gasteiger partial charge in [0.15, 0.2) is 0 Å². The van der Waals surface area contributed by atoms with Gasteiger partial charge in [-0.15, -0.1) is 11.3 Å². The fraction of sp³-hybridized carbons (Fsp3) is 0.158. The molecule has 3 aromatic rings. The summed E-state index contributed by atoms with van der Waals surface area (Å²) in [6.07, 6.45) is 2.50. The molecule has 3 N–H and O–H groups in total. The number of thiazole rings is 1. The first-order valence-electron chi connectivity index (χ1n) is 8.16. The maximum Gasteiger partial charge on any atom is 0.242 e. The summed E-state index contributed by atoms with van der Waals surface area (Å²) in [7, 11) is 0. The first-order valence-corrected chi connectivity index (χ1v) is 9.04. The van der Waals surface area contributed by atoms with Crippen LogP contribution in [-0.2, 0) is 4.79 Å². The molecule has 6 heteroatoms. The van der Waals surface area contributed by atoms with Crippen molar-refractivity contribution in [2.75, 3.05) is 5.32 Å². The molecule has 1 saturated heterocycles. The Balaban J connectivity index is 1.38. The second kappa shape index (κ2) is 7.14. The normalized spacial score (nSPS) is 19.7. The minimum Gasteiger partial charge on any atom is -0.325 e. The first-order chi connectivity index (χ1) is 12.3. The molecule has 2 heterocycles. The molecule has 25 heavy (non-hydrogen) atoms. The molecule has 2 unspecified atom stereocenters. The van der Waals surface area contributed by atoms with Gasteiger partial charge in [-0.1, -0.05) is 30.3 Å². The number of anilines is 1. The second-order valence-electron chi connectivity index (χ2n) is 5.94. The number of nitrogens with zero attached hydrogens (tertiary/aromatic N) is 1. The van der Waals surface area contributed by atoms with Crippen LogP contribution in [0.5, 0.6) is 0 Å². The SMILES string of the molecule is O=C(Nc1ccc(-c2nccs2)cc1)C1CC(c2ccccc2)NN1. The topological polar surface area (TPSA) is 66.0 Å². The Kier molecular flexibility index (Phi) is 4.56. The van der Waals surface area contributed by atoms with E-state index in [2.05, 4.69) is 33.3 Å². The molecule has 1 aliphatic rings. The van der Waals surface area contributed by atoms with Gasteiger partial charge in [0.2, 0.25) is 5.91 Å². The van der Waals surface area contributed by atoms with Crippen LogP contribution in [0.2, 0.25) is 0 Å². The Morgan fingerprint density at radius 1 is 1.08 bits per heavy atom. The van der Waals surface area contributed by atoms with Gasteiger partial charge in [-0.05, 0) is 36.2 Å². The van der Waals surface area contributed by atoms with E-state index in [0.717, 1.165) is 16.3 Å². The maximum atomic E-state index is 12.5. The van der Waals surface area contributed by atoms with Gasteiger partial charge in [0, 0.05) is 28.9 Å². The molecule has 1 aromatic heterocycles. The summed E-state index contributed by atoms with van der Waals surface area (Å²) in [5.41, 5.74) is 9.31. The second-order valence-corrected chi connectivity index (χ2v) is 6.84. The molecule has 4 rings (SSSR count). The molecule has 0 radical (unpaired) electrons. The lowest BCUT2D eigenvalue weighted by atomic mass is 10.0. The maximum absolute atomic E-state index is 12.5. The predicted molar refractivity (Wildman–Crippen MR) is 100 cm³/mol. The van der Waals surface area contributed by atoms with Crippen LogP contribution in [0.1, 0.15) is 18.0 Å². The summed E-state index contributed by atoms with van der Waals surface area (Å²) < 4.78 is 0. The summed E-state index contributed by atoms with van der Waals surface area (Å²) in [5.74, 6) is -0.0343. The molecule has 0 saturated carbocycles. The van der Waals surface area contributed by atoms with E-state index in [1.165, 1.54) is 5.56 Å². The van der Waals surface area contributed by atoms with Crippen molar-refractivity contribution in [3.63, 3.8) is 0 Å². The van der Waals surface area contributed by atoms with Crippen molar-refractivity contribution >= 4 is 22.9 Å². The molecule has 2 aromatic carbocycles. The van der Waals surface area contributed by atoms with Gasteiger partial charge in [-0.3, -0.25) is 4.79 Å². The number of aromatic nitrogens is 1. The number of hydrogen-bond donors (Lipinski definition) is 3. The van der Waals surface area contributed by atoms with Crippen LogP contribution < -0.4 is 16.2 Å².